The summed E-state index contributed by atoms with van der Waals surface area (Å²) in [6.07, 6.45) is 8.93. The summed E-state index contributed by atoms with van der Waals surface area (Å²) in [4.78, 5) is 14.1. The number of methoxy groups -OCH3 is 1. The van der Waals surface area contributed by atoms with E-state index in [0.29, 0.717) is 37.6 Å². The van der Waals surface area contributed by atoms with Gasteiger partial charge in [0.25, 0.3) is 0 Å². The lowest BCUT2D eigenvalue weighted by atomic mass is 9.77. The molecule has 4 rings (SSSR count). The van der Waals surface area contributed by atoms with Gasteiger partial charge in [-0.25, -0.2) is 15.0 Å². The summed E-state index contributed by atoms with van der Waals surface area (Å²) in [6, 6.07) is 0.0930. The molecule has 1 aliphatic heterocycles. The van der Waals surface area contributed by atoms with Gasteiger partial charge in [0, 0.05) is 44.0 Å². The third kappa shape index (κ3) is 5.42. The summed E-state index contributed by atoms with van der Waals surface area (Å²) in [6.45, 7) is 5.95. The number of hydrogen-bond acceptors (Lipinski definition) is 8. The Labute approximate surface area is 183 Å². The first kappa shape index (κ1) is 22.2. The highest BCUT2D eigenvalue weighted by molar-refractivity contribution is 5.86. The molecule has 2 aliphatic rings. The lowest BCUT2D eigenvalue weighted by Gasteiger charge is -2.33. The Bertz CT molecular complexity index is 875. The van der Waals surface area contributed by atoms with Gasteiger partial charge in [-0.05, 0) is 45.4 Å². The fourth-order valence-corrected chi connectivity index (χ4v) is 4.49. The van der Waals surface area contributed by atoms with E-state index < -0.39 is 5.60 Å². The maximum absolute atomic E-state index is 10.4. The predicted octanol–water partition coefficient (Wildman–Crippen LogP) is 3.44. The van der Waals surface area contributed by atoms with E-state index in [1.54, 1.807) is 7.11 Å². The van der Waals surface area contributed by atoms with Gasteiger partial charge in [0.2, 0.25) is 11.8 Å². The van der Waals surface area contributed by atoms with E-state index in [2.05, 4.69) is 15.3 Å². The Morgan fingerprint density at radius 2 is 1.94 bits per heavy atom. The van der Waals surface area contributed by atoms with Crippen LogP contribution in [-0.4, -0.2) is 64.7 Å². The number of nitrogens with one attached hydrogen (secondary N) is 1. The van der Waals surface area contributed by atoms with Crippen molar-refractivity contribution in [2.24, 2.45) is 0 Å². The van der Waals surface area contributed by atoms with Gasteiger partial charge in [-0.2, -0.15) is 0 Å². The van der Waals surface area contributed by atoms with E-state index in [-0.39, 0.29) is 12.1 Å². The standard InChI is InChI=1S/C23H34N4O4/c1-15(14-29-3)26-22-25-13-19-20(27-22)18(16-4-8-23(2,28)9-5-16)12-24-21(19)31-17-6-10-30-11-7-17/h12-13,15-17,28H,4-11,14H2,1-3H3,(H,25,26,27)/t15-,16-,23+/m0/s1. The van der Waals surface area contributed by atoms with E-state index in [1.807, 2.05) is 26.2 Å². The van der Waals surface area contributed by atoms with E-state index in [4.69, 9.17) is 19.2 Å². The van der Waals surface area contributed by atoms with Crippen LogP contribution in [0.2, 0.25) is 0 Å². The maximum Gasteiger partial charge on any atom is 0.224 e. The summed E-state index contributed by atoms with van der Waals surface area (Å²) in [5, 5.41) is 14.5. The number of anilines is 1. The zero-order valence-corrected chi connectivity index (χ0v) is 18.8. The molecule has 0 bridgehead atoms. The summed E-state index contributed by atoms with van der Waals surface area (Å²) < 4.78 is 16.9. The maximum atomic E-state index is 10.4. The smallest absolute Gasteiger partial charge is 0.224 e. The van der Waals surface area contributed by atoms with Gasteiger partial charge in [-0.3, -0.25) is 0 Å². The predicted molar refractivity (Wildman–Crippen MR) is 119 cm³/mol. The van der Waals surface area contributed by atoms with Crippen molar-refractivity contribution in [1.82, 2.24) is 15.0 Å². The molecule has 1 saturated heterocycles. The number of hydrogen-bond donors (Lipinski definition) is 2. The molecule has 3 heterocycles. The van der Waals surface area contributed by atoms with Gasteiger partial charge in [0.05, 0.1) is 36.3 Å². The minimum atomic E-state index is -0.580. The third-order valence-electron chi connectivity index (χ3n) is 6.35. The van der Waals surface area contributed by atoms with Crippen LogP contribution in [0.5, 0.6) is 5.88 Å². The number of ether oxygens (including phenoxy) is 3. The molecule has 1 saturated carbocycles. The zero-order valence-electron chi connectivity index (χ0n) is 18.8. The molecule has 0 aromatic carbocycles. The molecule has 0 radical (unpaired) electrons. The van der Waals surface area contributed by atoms with Crippen LogP contribution < -0.4 is 10.1 Å². The number of aliphatic hydroxyl groups is 1. The van der Waals surface area contributed by atoms with Crippen LogP contribution in [0.25, 0.3) is 10.9 Å². The van der Waals surface area contributed by atoms with Crippen LogP contribution in [0.3, 0.4) is 0 Å². The first-order valence-electron chi connectivity index (χ1n) is 11.3. The average Bonchev–Trinajstić information content (AvgIpc) is 2.75. The van der Waals surface area contributed by atoms with Gasteiger partial charge in [-0.15, -0.1) is 0 Å². The van der Waals surface area contributed by atoms with Crippen LogP contribution in [0.1, 0.15) is 63.9 Å². The Balaban J connectivity index is 1.67. The van der Waals surface area contributed by atoms with Crippen molar-refractivity contribution in [2.45, 2.75) is 76.0 Å². The summed E-state index contributed by atoms with van der Waals surface area (Å²) in [5.41, 5.74) is 1.41. The molecular formula is C23H34N4O4. The Morgan fingerprint density at radius 3 is 2.65 bits per heavy atom. The molecule has 31 heavy (non-hydrogen) atoms. The molecule has 2 fully saturated rings. The molecule has 170 valence electrons. The minimum Gasteiger partial charge on any atom is -0.474 e. The number of nitrogens with zero attached hydrogens (tertiary/aromatic N) is 3. The third-order valence-corrected chi connectivity index (χ3v) is 6.35. The summed E-state index contributed by atoms with van der Waals surface area (Å²) in [5.74, 6) is 1.47. The molecule has 0 spiro atoms. The molecule has 2 aromatic rings. The lowest BCUT2D eigenvalue weighted by Crippen LogP contribution is -2.30. The fraction of sp³-hybridized carbons (Fsp3) is 0.696. The van der Waals surface area contributed by atoms with E-state index in [9.17, 15) is 5.11 Å². The molecule has 2 aromatic heterocycles. The summed E-state index contributed by atoms with van der Waals surface area (Å²) >= 11 is 0. The van der Waals surface area contributed by atoms with E-state index in [0.717, 1.165) is 55.0 Å². The highest BCUT2D eigenvalue weighted by Crippen LogP contribution is 2.41. The number of aromatic nitrogens is 3. The Kier molecular flexibility index (Phi) is 6.89. The summed E-state index contributed by atoms with van der Waals surface area (Å²) in [7, 11) is 1.68. The molecule has 8 heteroatoms. The highest BCUT2D eigenvalue weighted by Gasteiger charge is 2.31. The van der Waals surface area contributed by atoms with Crippen molar-refractivity contribution in [2.75, 3.05) is 32.2 Å². The fourth-order valence-electron chi connectivity index (χ4n) is 4.49. The molecule has 2 N–H and O–H groups in total. The first-order valence-corrected chi connectivity index (χ1v) is 11.3. The Hall–Kier alpha value is -2.03. The van der Waals surface area contributed by atoms with Crippen molar-refractivity contribution in [1.29, 1.82) is 0 Å². The molecule has 0 unspecified atom stereocenters. The van der Waals surface area contributed by atoms with Crippen LogP contribution in [0.15, 0.2) is 12.4 Å². The molecule has 8 nitrogen and oxygen atoms in total. The van der Waals surface area contributed by atoms with Crippen molar-refractivity contribution in [3.63, 3.8) is 0 Å². The van der Waals surface area contributed by atoms with Crippen molar-refractivity contribution < 1.29 is 19.3 Å². The first-order chi connectivity index (χ1) is 14.9. The second kappa shape index (κ2) is 9.63. The quantitative estimate of drug-likeness (QED) is 0.689. The van der Waals surface area contributed by atoms with Crippen LogP contribution in [0, 0.1) is 0 Å². The molecule has 1 aliphatic carbocycles. The molecular weight excluding hydrogens is 396 g/mol. The average molecular weight is 431 g/mol. The van der Waals surface area contributed by atoms with Crippen LogP contribution >= 0.6 is 0 Å². The van der Waals surface area contributed by atoms with Gasteiger partial charge >= 0.3 is 0 Å². The zero-order chi connectivity index (χ0) is 21.8. The molecule has 1 atom stereocenters. The lowest BCUT2D eigenvalue weighted by molar-refractivity contribution is 0.0171. The normalized spacial score (nSPS) is 26.0. The van der Waals surface area contributed by atoms with Crippen molar-refractivity contribution >= 4 is 16.9 Å². The number of pyridine rings is 1. The highest BCUT2D eigenvalue weighted by atomic mass is 16.5. The second-order valence-corrected chi connectivity index (χ2v) is 9.18. The monoisotopic (exact) mass is 430 g/mol. The van der Waals surface area contributed by atoms with Crippen molar-refractivity contribution in [3.8, 4) is 5.88 Å². The van der Waals surface area contributed by atoms with Crippen LogP contribution in [-0.2, 0) is 9.47 Å². The number of fused-ring (bicyclic) bond motifs is 1. The van der Waals surface area contributed by atoms with Gasteiger partial charge < -0.3 is 24.6 Å². The van der Waals surface area contributed by atoms with E-state index in [1.165, 1.54) is 0 Å². The second-order valence-electron chi connectivity index (χ2n) is 9.18. The van der Waals surface area contributed by atoms with Gasteiger partial charge in [-0.1, -0.05) is 0 Å². The topological polar surface area (TPSA) is 98.6 Å². The van der Waals surface area contributed by atoms with Gasteiger partial charge in [0.15, 0.2) is 0 Å². The SMILES string of the molecule is COC[C@H](C)Nc1ncc2c(OC3CCOCC3)ncc([C@H]3CC[C@@](C)(O)CC3)c2n1. The largest absolute Gasteiger partial charge is 0.474 e. The minimum absolute atomic E-state index is 0.0930. The number of rotatable bonds is 7. The Morgan fingerprint density at radius 1 is 1.19 bits per heavy atom. The molecule has 0 amide bonds. The van der Waals surface area contributed by atoms with Gasteiger partial charge in [0.1, 0.15) is 6.10 Å². The van der Waals surface area contributed by atoms with E-state index >= 15 is 0 Å². The van der Waals surface area contributed by atoms with Crippen LogP contribution in [0.4, 0.5) is 5.95 Å². The van der Waals surface area contributed by atoms with Crippen molar-refractivity contribution in [3.05, 3.63) is 18.0 Å².